The molecule has 6 nitrogen and oxygen atoms in total. The zero-order chi connectivity index (χ0) is 20.6. The number of hydrogen-bond acceptors (Lipinski definition) is 6. The predicted octanol–water partition coefficient (Wildman–Crippen LogP) is 3.21. The predicted molar refractivity (Wildman–Crippen MR) is 110 cm³/mol. The maximum absolute atomic E-state index is 12.6. The highest BCUT2D eigenvalue weighted by molar-refractivity contribution is 7.90. The summed E-state index contributed by atoms with van der Waals surface area (Å²) in [4.78, 5) is 11.3. The number of rotatable bonds is 9. The summed E-state index contributed by atoms with van der Waals surface area (Å²) in [7, 11) is 1.34. The first kappa shape index (κ1) is 22.9. The lowest BCUT2D eigenvalue weighted by atomic mass is 9.97. The Morgan fingerprint density at radius 1 is 1.32 bits per heavy atom. The van der Waals surface area contributed by atoms with Crippen LogP contribution in [0.2, 0.25) is 0 Å². The van der Waals surface area contributed by atoms with Gasteiger partial charge in [-0.05, 0) is 33.6 Å². The van der Waals surface area contributed by atoms with Gasteiger partial charge in [0.1, 0.15) is 4.75 Å². The molecule has 2 rings (SSSR count). The number of hydrogen-bond donors (Lipinski definition) is 1. The highest BCUT2D eigenvalue weighted by Crippen LogP contribution is 2.36. The fraction of sp³-hybridized carbons (Fsp3) is 0.571. The van der Waals surface area contributed by atoms with Crippen molar-refractivity contribution in [2.24, 2.45) is 0 Å². The van der Waals surface area contributed by atoms with Crippen molar-refractivity contribution in [2.75, 3.05) is 20.3 Å². The van der Waals surface area contributed by atoms with Gasteiger partial charge in [-0.25, -0.2) is 4.79 Å². The van der Waals surface area contributed by atoms with Crippen molar-refractivity contribution >= 4 is 17.3 Å². The molecular weight excluding hydrogens is 378 g/mol. The molecule has 0 radical (unpaired) electrons. The number of carbonyl (C=O) groups is 1. The molecule has 156 valence electrons. The summed E-state index contributed by atoms with van der Waals surface area (Å²) in [6.07, 6.45) is 4.96. The van der Waals surface area contributed by atoms with Gasteiger partial charge in [0.2, 0.25) is 0 Å². The number of esters is 1. The lowest BCUT2D eigenvalue weighted by Crippen LogP contribution is -2.45. The standard InChI is InChI=1S/C21H31NO5S/c1-20(2,3)28(24)22-18(11-8-12-19(23)25-4)13-14-21(26-15-16-27-21)17-9-6-5-7-10-17/h5-10,12,18,22H,11,13-16H2,1-4H3/b12-8+/t18-,28+/m1/s1. The second-order valence-corrected chi connectivity index (χ2v) is 9.71. The van der Waals surface area contributed by atoms with E-state index in [4.69, 9.17) is 9.47 Å². The summed E-state index contributed by atoms with van der Waals surface area (Å²) in [6.45, 7) is 6.86. The van der Waals surface area contributed by atoms with E-state index in [2.05, 4.69) is 9.46 Å². The van der Waals surface area contributed by atoms with Crippen LogP contribution in [-0.2, 0) is 36.2 Å². The van der Waals surface area contributed by atoms with Gasteiger partial charge in [-0.3, -0.25) is 0 Å². The second kappa shape index (κ2) is 10.4. The van der Waals surface area contributed by atoms with E-state index in [1.165, 1.54) is 13.2 Å². The van der Waals surface area contributed by atoms with Crippen LogP contribution in [0.3, 0.4) is 0 Å². The Kier molecular flexibility index (Phi) is 8.52. The van der Waals surface area contributed by atoms with E-state index in [9.17, 15) is 9.35 Å². The van der Waals surface area contributed by atoms with Crippen LogP contribution in [0.4, 0.5) is 0 Å². The Bertz CT molecular complexity index is 638. The third-order valence-corrected chi connectivity index (χ3v) is 6.15. The SMILES string of the molecule is COC(=O)/C=C/C[C@H](CCC1(c2ccccc2)OCCO1)N[S@@+]([O-])C(C)(C)C. The molecule has 1 N–H and O–H groups in total. The molecule has 0 bridgehead atoms. The number of nitrogens with one attached hydrogen (secondary N) is 1. The molecule has 1 heterocycles. The highest BCUT2D eigenvalue weighted by atomic mass is 32.2. The molecule has 1 aromatic rings. The quantitative estimate of drug-likeness (QED) is 0.383. The van der Waals surface area contributed by atoms with Gasteiger partial charge in [-0.1, -0.05) is 36.4 Å². The van der Waals surface area contributed by atoms with E-state index >= 15 is 0 Å². The van der Waals surface area contributed by atoms with Crippen molar-refractivity contribution < 1.29 is 23.6 Å². The van der Waals surface area contributed by atoms with Gasteiger partial charge in [0.15, 0.2) is 5.79 Å². The van der Waals surface area contributed by atoms with Crippen molar-refractivity contribution in [3.05, 3.63) is 48.0 Å². The summed E-state index contributed by atoms with van der Waals surface area (Å²) in [5.74, 6) is -1.19. The minimum Gasteiger partial charge on any atom is -0.598 e. The Morgan fingerprint density at radius 3 is 2.54 bits per heavy atom. The Labute approximate surface area is 170 Å². The van der Waals surface area contributed by atoms with E-state index in [0.717, 1.165) is 5.56 Å². The smallest absolute Gasteiger partial charge is 0.330 e. The number of carbonyl (C=O) groups excluding carboxylic acids is 1. The first-order valence-electron chi connectivity index (χ1n) is 9.53. The average Bonchev–Trinajstić information content (AvgIpc) is 3.15. The summed E-state index contributed by atoms with van der Waals surface area (Å²) in [6, 6.07) is 9.78. The lowest BCUT2D eigenvalue weighted by molar-refractivity contribution is -0.172. The van der Waals surface area contributed by atoms with Crippen LogP contribution < -0.4 is 4.72 Å². The van der Waals surface area contributed by atoms with Gasteiger partial charge in [-0.15, -0.1) is 4.72 Å². The average molecular weight is 410 g/mol. The first-order chi connectivity index (χ1) is 13.3. The molecule has 0 unspecified atom stereocenters. The number of ether oxygens (including phenoxy) is 3. The molecule has 0 aromatic heterocycles. The zero-order valence-electron chi connectivity index (χ0n) is 17.1. The largest absolute Gasteiger partial charge is 0.598 e. The molecule has 0 spiro atoms. The summed E-state index contributed by atoms with van der Waals surface area (Å²) in [5.41, 5.74) is 0.980. The monoisotopic (exact) mass is 409 g/mol. The van der Waals surface area contributed by atoms with Crippen LogP contribution in [0.15, 0.2) is 42.5 Å². The minimum absolute atomic E-state index is 0.102. The molecule has 2 atom stereocenters. The van der Waals surface area contributed by atoms with Crippen LogP contribution >= 0.6 is 0 Å². The number of methoxy groups -OCH3 is 1. The van der Waals surface area contributed by atoms with Gasteiger partial charge in [0.05, 0.1) is 26.4 Å². The van der Waals surface area contributed by atoms with Gasteiger partial charge >= 0.3 is 5.97 Å². The Balaban J connectivity index is 2.09. The maximum Gasteiger partial charge on any atom is 0.330 e. The molecule has 0 saturated carbocycles. The molecule has 0 amide bonds. The molecule has 28 heavy (non-hydrogen) atoms. The normalized spacial score (nSPS) is 18.9. The Morgan fingerprint density at radius 2 is 1.96 bits per heavy atom. The number of benzene rings is 1. The minimum atomic E-state index is -1.23. The van der Waals surface area contributed by atoms with Crippen LogP contribution in [0.1, 0.15) is 45.6 Å². The summed E-state index contributed by atoms with van der Waals surface area (Å²) in [5, 5.41) is 0. The molecule has 0 aliphatic carbocycles. The Hall–Kier alpha value is -1.38. The van der Waals surface area contributed by atoms with E-state index in [1.54, 1.807) is 6.08 Å². The van der Waals surface area contributed by atoms with Gasteiger partial charge in [0, 0.05) is 29.4 Å². The maximum atomic E-state index is 12.6. The van der Waals surface area contributed by atoms with Crippen LogP contribution in [0.25, 0.3) is 0 Å². The highest BCUT2D eigenvalue weighted by Gasteiger charge is 2.39. The van der Waals surface area contributed by atoms with Crippen molar-refractivity contribution in [1.82, 2.24) is 4.72 Å². The van der Waals surface area contributed by atoms with Crippen LogP contribution in [0, 0.1) is 0 Å². The third-order valence-electron chi connectivity index (χ3n) is 4.49. The lowest BCUT2D eigenvalue weighted by Gasteiger charge is -2.31. The molecular formula is C21H31NO5S. The van der Waals surface area contributed by atoms with E-state index in [-0.39, 0.29) is 10.8 Å². The topological polar surface area (TPSA) is 79.9 Å². The van der Waals surface area contributed by atoms with E-state index in [0.29, 0.717) is 32.5 Å². The van der Waals surface area contributed by atoms with Crippen LogP contribution in [0.5, 0.6) is 0 Å². The second-order valence-electron chi connectivity index (χ2n) is 7.71. The summed E-state index contributed by atoms with van der Waals surface area (Å²) >= 11 is -1.23. The fourth-order valence-electron chi connectivity index (χ4n) is 2.92. The first-order valence-corrected chi connectivity index (χ1v) is 10.7. The zero-order valence-corrected chi connectivity index (χ0v) is 17.9. The molecule has 1 aliphatic rings. The fourth-order valence-corrected chi connectivity index (χ4v) is 3.79. The van der Waals surface area contributed by atoms with Crippen molar-refractivity contribution in [3.63, 3.8) is 0 Å². The van der Waals surface area contributed by atoms with Crippen molar-refractivity contribution in [2.45, 2.75) is 56.6 Å². The van der Waals surface area contributed by atoms with Crippen molar-refractivity contribution in [1.29, 1.82) is 0 Å². The van der Waals surface area contributed by atoms with E-state index in [1.807, 2.05) is 51.1 Å². The third kappa shape index (κ3) is 6.60. The molecule has 1 aromatic carbocycles. The van der Waals surface area contributed by atoms with E-state index < -0.39 is 23.1 Å². The molecule has 1 fully saturated rings. The summed E-state index contributed by atoms with van der Waals surface area (Å²) < 4.78 is 32.0. The van der Waals surface area contributed by atoms with Gasteiger partial charge in [0.25, 0.3) is 0 Å². The van der Waals surface area contributed by atoms with Crippen LogP contribution in [-0.4, -0.2) is 41.6 Å². The molecule has 1 aliphatic heterocycles. The molecule has 1 saturated heterocycles. The molecule has 7 heteroatoms. The van der Waals surface area contributed by atoms with Gasteiger partial charge < -0.3 is 18.8 Å². The van der Waals surface area contributed by atoms with Gasteiger partial charge in [-0.2, -0.15) is 0 Å². The van der Waals surface area contributed by atoms with Crippen molar-refractivity contribution in [3.8, 4) is 0 Å².